The molecule has 252 valence electrons. The van der Waals surface area contributed by atoms with Crippen LogP contribution >= 0.6 is 0 Å². The highest BCUT2D eigenvalue weighted by Gasteiger charge is 2.55. The monoisotopic (exact) mass is 648 g/mol. The molecule has 8 atom stereocenters. The molecule has 8 heteroatoms. The summed E-state index contributed by atoms with van der Waals surface area (Å²) in [5.74, 6) is 0.168. The molecule has 3 aliphatic rings. The Morgan fingerprint density at radius 1 is 1.02 bits per heavy atom. The quantitative estimate of drug-likeness (QED) is 0.121. The average molecular weight is 649 g/mol. The lowest BCUT2D eigenvalue weighted by Crippen LogP contribution is -2.58. The number of rotatable bonds is 12. The van der Waals surface area contributed by atoms with E-state index in [9.17, 15) is 9.59 Å². The van der Waals surface area contributed by atoms with Crippen molar-refractivity contribution in [3.05, 3.63) is 23.8 Å². The summed E-state index contributed by atoms with van der Waals surface area (Å²) >= 11 is 0. The van der Waals surface area contributed by atoms with E-state index >= 15 is 0 Å². The van der Waals surface area contributed by atoms with Gasteiger partial charge in [-0.1, -0.05) is 86.5 Å². The van der Waals surface area contributed by atoms with E-state index < -0.39 is 29.8 Å². The Hall–Kier alpha value is -1.23. The van der Waals surface area contributed by atoms with Crippen molar-refractivity contribution in [3.8, 4) is 0 Å². The Kier molecular flexibility index (Phi) is 12.8. The summed E-state index contributed by atoms with van der Waals surface area (Å²) in [6, 6.07) is 0. The van der Waals surface area contributed by atoms with Crippen molar-refractivity contribution < 1.29 is 27.9 Å². The highest BCUT2D eigenvalue weighted by atomic mass is 28.3. The molecule has 0 aromatic carbocycles. The maximum Gasteiger partial charge on any atom is 0.334 e. The molecular weight excluding hydrogens is 585 g/mol. The van der Waals surface area contributed by atoms with E-state index in [1.807, 2.05) is 0 Å². The molecule has 6 nitrogen and oxygen atoms in total. The Balaban J connectivity index is 1.97. The van der Waals surface area contributed by atoms with E-state index in [1.165, 1.54) is 5.57 Å². The Morgan fingerprint density at radius 3 is 2.27 bits per heavy atom. The molecule has 0 amide bonds. The normalized spacial score (nSPS) is 32.8. The van der Waals surface area contributed by atoms with E-state index in [-0.39, 0.29) is 52.7 Å². The first kappa shape index (κ1) is 37.2. The zero-order chi connectivity index (χ0) is 33.0. The fourth-order valence-corrected chi connectivity index (χ4v) is 9.90. The maximum atomic E-state index is 13.4. The van der Waals surface area contributed by atoms with Gasteiger partial charge in [0.1, 0.15) is 18.3 Å². The second kappa shape index (κ2) is 15.1. The highest BCUT2D eigenvalue weighted by molar-refractivity contribution is 6.48. The van der Waals surface area contributed by atoms with Gasteiger partial charge in [-0.2, -0.15) is 0 Å². The van der Waals surface area contributed by atoms with Crippen molar-refractivity contribution >= 4 is 30.0 Å². The largest absolute Gasteiger partial charge is 0.462 e. The topological polar surface area (TPSA) is 71.1 Å². The van der Waals surface area contributed by atoms with Crippen LogP contribution in [0.2, 0.25) is 26.2 Å². The van der Waals surface area contributed by atoms with Gasteiger partial charge >= 0.3 is 11.9 Å². The van der Waals surface area contributed by atoms with E-state index in [1.54, 1.807) is 0 Å². The summed E-state index contributed by atoms with van der Waals surface area (Å²) < 4.78 is 26.0. The first-order valence-corrected chi connectivity index (χ1v) is 23.1. The summed E-state index contributed by atoms with van der Waals surface area (Å²) in [6.45, 7) is 26.5. The molecule has 1 fully saturated rings. The van der Waals surface area contributed by atoms with Crippen molar-refractivity contribution in [3.63, 3.8) is 0 Å². The Labute approximate surface area is 272 Å². The first-order chi connectivity index (χ1) is 20.4. The van der Waals surface area contributed by atoms with Crippen LogP contribution in [0.1, 0.15) is 107 Å². The maximum absolute atomic E-state index is 13.4. The Bertz CT molecular complexity index is 1040. The fraction of sp³-hybridized carbons (Fsp3) is 0.833. The van der Waals surface area contributed by atoms with E-state index in [4.69, 9.17) is 18.3 Å². The van der Waals surface area contributed by atoms with Gasteiger partial charge < -0.3 is 18.3 Å². The molecule has 0 aromatic rings. The van der Waals surface area contributed by atoms with Gasteiger partial charge in [0.05, 0.1) is 5.60 Å². The van der Waals surface area contributed by atoms with Crippen LogP contribution in [-0.4, -0.2) is 53.9 Å². The number of carbonyl (C=O) groups excluding carboxylic acids is 2. The van der Waals surface area contributed by atoms with Crippen molar-refractivity contribution in [1.82, 2.24) is 0 Å². The van der Waals surface area contributed by atoms with Crippen molar-refractivity contribution in [2.45, 2.75) is 157 Å². The first-order valence-electron chi connectivity index (χ1n) is 17.5. The third-order valence-corrected chi connectivity index (χ3v) is 11.9. The van der Waals surface area contributed by atoms with Gasteiger partial charge in [-0.3, -0.25) is 4.79 Å². The number of ether oxygens (including phenoxy) is 2. The third kappa shape index (κ3) is 9.19. The zero-order valence-electron chi connectivity index (χ0n) is 30.0. The summed E-state index contributed by atoms with van der Waals surface area (Å²) in [6.07, 6.45) is 12.5. The van der Waals surface area contributed by atoms with Gasteiger partial charge in [0.2, 0.25) is 0 Å². The molecule has 0 N–H and O–H groups in total. The number of hydrogen-bond donors (Lipinski definition) is 0. The van der Waals surface area contributed by atoms with Gasteiger partial charge in [0, 0.05) is 24.2 Å². The van der Waals surface area contributed by atoms with Gasteiger partial charge in [0.15, 0.2) is 18.1 Å². The molecule has 0 aromatic heterocycles. The smallest absolute Gasteiger partial charge is 0.334 e. The molecule has 44 heavy (non-hydrogen) atoms. The third-order valence-electron chi connectivity index (χ3n) is 10.1. The van der Waals surface area contributed by atoms with E-state index in [0.29, 0.717) is 18.8 Å². The molecule has 0 spiro atoms. The SMILES string of the molecule is CCCCCC(=O)O[C@H]1C[C@H](C(C)(C)C)C=C2C=C[C@H](C)[C@](CC[C@H]3C[C@H](C(C)(C)C)C(O[SiH](C)C)C(=O)O3)(O[SiH](C)C)[C@H]21. The minimum Gasteiger partial charge on any atom is -0.462 e. The minimum absolute atomic E-state index is 0.0492. The predicted molar refractivity (Wildman–Crippen MR) is 185 cm³/mol. The lowest BCUT2D eigenvalue weighted by atomic mass is 9.59. The summed E-state index contributed by atoms with van der Waals surface area (Å²) in [5.41, 5.74) is 0.677. The molecule has 1 aliphatic heterocycles. The number of allylic oxidation sites excluding steroid dienone is 2. The molecule has 0 bridgehead atoms. The van der Waals surface area contributed by atoms with Crippen LogP contribution in [-0.2, 0) is 27.9 Å². The standard InChI is InChI=1S/C36H64O6Si2/c1-13-14-15-16-30(37)40-29-22-26(34(3,4)5)21-25-18-17-24(2)36(31(25)29,42-44(11)12)20-19-27-23-28(35(6,7)8)32(33(38)39-27)41-43(9)10/h17-18,21,24,26-29,31-32,43-44H,13-16,19-20,22-23H2,1-12H3/t24-,26+,27-,28-,29-,31+,32?,36-/m0/s1. The van der Waals surface area contributed by atoms with Crippen LogP contribution in [0.25, 0.3) is 0 Å². The number of hydrogen-bond acceptors (Lipinski definition) is 6. The van der Waals surface area contributed by atoms with Crippen LogP contribution in [0.4, 0.5) is 0 Å². The predicted octanol–water partition coefficient (Wildman–Crippen LogP) is 8.16. The van der Waals surface area contributed by atoms with Crippen LogP contribution in [0.5, 0.6) is 0 Å². The molecule has 1 unspecified atom stereocenters. The molecule has 0 radical (unpaired) electrons. The fourth-order valence-electron chi connectivity index (χ4n) is 7.66. The molecule has 0 saturated carbocycles. The number of carbonyl (C=O) groups is 2. The Morgan fingerprint density at radius 2 is 1.70 bits per heavy atom. The molecular formula is C36H64O6Si2. The number of esters is 2. The second-order valence-electron chi connectivity index (χ2n) is 16.5. The van der Waals surface area contributed by atoms with Gasteiger partial charge in [0.25, 0.3) is 0 Å². The van der Waals surface area contributed by atoms with Gasteiger partial charge in [-0.05, 0) is 80.6 Å². The van der Waals surface area contributed by atoms with Crippen molar-refractivity contribution in [1.29, 1.82) is 0 Å². The highest BCUT2D eigenvalue weighted by Crippen LogP contribution is 2.52. The van der Waals surface area contributed by atoms with Crippen LogP contribution in [0.3, 0.4) is 0 Å². The number of cyclic esters (lactones) is 1. The minimum atomic E-state index is -1.53. The lowest BCUT2D eigenvalue weighted by Gasteiger charge is -2.54. The number of unbranched alkanes of at least 4 members (excludes halogenated alkanes) is 2. The second-order valence-corrected chi connectivity index (χ2v) is 21.2. The van der Waals surface area contributed by atoms with Gasteiger partial charge in [-0.15, -0.1) is 0 Å². The zero-order valence-corrected chi connectivity index (χ0v) is 32.3. The molecule has 1 heterocycles. The molecule has 1 saturated heterocycles. The van der Waals surface area contributed by atoms with Crippen LogP contribution in [0.15, 0.2) is 23.8 Å². The van der Waals surface area contributed by atoms with Crippen molar-refractivity contribution in [2.75, 3.05) is 0 Å². The summed E-state index contributed by atoms with van der Waals surface area (Å²) in [7, 11) is -2.95. The molecule has 3 rings (SSSR count). The van der Waals surface area contributed by atoms with Crippen molar-refractivity contribution in [2.24, 2.45) is 34.5 Å². The lowest BCUT2D eigenvalue weighted by molar-refractivity contribution is -0.179. The van der Waals surface area contributed by atoms with Gasteiger partial charge in [-0.25, -0.2) is 4.79 Å². The van der Waals surface area contributed by atoms with Crippen LogP contribution in [0, 0.1) is 34.5 Å². The van der Waals surface area contributed by atoms with Crippen LogP contribution < -0.4 is 0 Å². The summed E-state index contributed by atoms with van der Waals surface area (Å²) in [4.78, 5) is 26.6. The number of fused-ring (bicyclic) bond motifs is 1. The average Bonchev–Trinajstić information content (AvgIpc) is 2.89. The van der Waals surface area contributed by atoms with E-state index in [2.05, 4.69) is 99.8 Å². The van der Waals surface area contributed by atoms with E-state index in [0.717, 1.165) is 38.5 Å². The molecule has 2 aliphatic carbocycles. The summed E-state index contributed by atoms with van der Waals surface area (Å²) in [5, 5.41) is 0.